The number of hydrogen-bond acceptors (Lipinski definition) is 1. The molecule has 1 aromatic rings. The van der Waals surface area contributed by atoms with Crippen molar-refractivity contribution in [2.24, 2.45) is 0 Å². The Morgan fingerprint density at radius 1 is 1.19 bits per heavy atom. The van der Waals surface area contributed by atoms with E-state index in [2.05, 4.69) is 32.0 Å². The van der Waals surface area contributed by atoms with Crippen LogP contribution in [0.15, 0.2) is 18.2 Å². The Kier molecular flexibility index (Phi) is 2.88. The van der Waals surface area contributed by atoms with Crippen molar-refractivity contribution in [1.82, 2.24) is 0 Å². The maximum Gasteiger partial charge on any atom is 0.140 e. The van der Waals surface area contributed by atoms with Gasteiger partial charge in [0.2, 0.25) is 0 Å². The smallest absolute Gasteiger partial charge is 0.140 e. The zero-order chi connectivity index (χ0) is 11.8. The first kappa shape index (κ1) is 11.4. The van der Waals surface area contributed by atoms with E-state index in [4.69, 9.17) is 0 Å². The van der Waals surface area contributed by atoms with Crippen molar-refractivity contribution >= 4 is 5.78 Å². The van der Waals surface area contributed by atoms with Crippen LogP contribution in [0.4, 0.5) is 0 Å². The second-order valence-corrected chi connectivity index (χ2v) is 5.16. The van der Waals surface area contributed by atoms with E-state index in [0.29, 0.717) is 5.78 Å². The van der Waals surface area contributed by atoms with Gasteiger partial charge in [-0.3, -0.25) is 4.79 Å². The third-order valence-electron chi connectivity index (χ3n) is 4.03. The molecule has 1 heteroatoms. The summed E-state index contributed by atoms with van der Waals surface area (Å²) in [7, 11) is 0. The van der Waals surface area contributed by atoms with Crippen LogP contribution in [0.2, 0.25) is 0 Å². The maximum atomic E-state index is 12.0. The molecule has 16 heavy (non-hydrogen) atoms. The molecule has 2 rings (SSSR count). The van der Waals surface area contributed by atoms with Crippen molar-refractivity contribution in [3.05, 3.63) is 34.9 Å². The molecule has 0 radical (unpaired) electrons. The molecule has 0 bridgehead atoms. The van der Waals surface area contributed by atoms with Gasteiger partial charge in [0.25, 0.3) is 0 Å². The van der Waals surface area contributed by atoms with Gasteiger partial charge < -0.3 is 0 Å². The summed E-state index contributed by atoms with van der Waals surface area (Å²) < 4.78 is 0. The summed E-state index contributed by atoms with van der Waals surface area (Å²) in [5.74, 6) is 0.344. The number of ketones is 1. The average molecular weight is 216 g/mol. The molecule has 0 spiro atoms. The largest absolute Gasteiger partial charge is 0.299 e. The van der Waals surface area contributed by atoms with E-state index in [1.807, 2.05) is 0 Å². The van der Waals surface area contributed by atoms with Crippen molar-refractivity contribution < 1.29 is 4.79 Å². The van der Waals surface area contributed by atoms with Gasteiger partial charge in [-0.15, -0.1) is 0 Å². The van der Waals surface area contributed by atoms with Crippen LogP contribution >= 0.6 is 0 Å². The van der Waals surface area contributed by atoms with E-state index >= 15 is 0 Å². The van der Waals surface area contributed by atoms with Crippen LogP contribution in [-0.2, 0) is 10.2 Å². The van der Waals surface area contributed by atoms with Gasteiger partial charge >= 0.3 is 0 Å². The number of hydrogen-bond donors (Lipinski definition) is 0. The van der Waals surface area contributed by atoms with Crippen LogP contribution in [-0.4, -0.2) is 5.78 Å². The normalized spacial score (nSPS) is 18.7. The first-order chi connectivity index (χ1) is 7.56. The average Bonchev–Trinajstić information content (AvgIpc) is 2.67. The molecule has 0 saturated heterocycles. The highest BCUT2D eigenvalue weighted by atomic mass is 16.1. The Balaban J connectivity index is 2.51. The van der Waals surface area contributed by atoms with E-state index < -0.39 is 0 Å². The molecule has 0 heterocycles. The predicted octanol–water partition coefficient (Wildman–Crippen LogP) is 3.70. The van der Waals surface area contributed by atoms with Crippen LogP contribution in [0.1, 0.15) is 49.3 Å². The van der Waals surface area contributed by atoms with Gasteiger partial charge in [0.15, 0.2) is 0 Å². The predicted molar refractivity (Wildman–Crippen MR) is 66.7 cm³/mol. The molecule has 1 nitrogen and oxygen atoms in total. The summed E-state index contributed by atoms with van der Waals surface area (Å²) >= 11 is 0. The second-order valence-electron chi connectivity index (χ2n) is 5.16. The zero-order valence-corrected chi connectivity index (χ0v) is 10.5. The Morgan fingerprint density at radius 2 is 1.81 bits per heavy atom. The van der Waals surface area contributed by atoms with Crippen molar-refractivity contribution in [3.63, 3.8) is 0 Å². The topological polar surface area (TPSA) is 17.1 Å². The number of aryl methyl sites for hydroxylation is 2. The van der Waals surface area contributed by atoms with Crippen molar-refractivity contribution in [2.75, 3.05) is 0 Å². The van der Waals surface area contributed by atoms with Gasteiger partial charge in [-0.25, -0.2) is 0 Å². The van der Waals surface area contributed by atoms with E-state index in [1.54, 1.807) is 6.92 Å². The van der Waals surface area contributed by atoms with Crippen LogP contribution in [0, 0.1) is 13.8 Å². The number of benzene rings is 1. The first-order valence-corrected chi connectivity index (χ1v) is 6.15. The first-order valence-electron chi connectivity index (χ1n) is 6.15. The van der Waals surface area contributed by atoms with Crippen molar-refractivity contribution in [3.8, 4) is 0 Å². The van der Waals surface area contributed by atoms with Crippen LogP contribution in [0.25, 0.3) is 0 Å². The van der Waals surface area contributed by atoms with E-state index in [-0.39, 0.29) is 5.41 Å². The molecular formula is C15H20O. The minimum absolute atomic E-state index is 0.169. The molecule has 86 valence electrons. The number of carbonyl (C=O) groups is 1. The SMILES string of the molecule is CC(=O)C1(c2ccc(C)cc2C)CCCC1. The Labute approximate surface area is 97.9 Å². The monoisotopic (exact) mass is 216 g/mol. The van der Waals surface area contributed by atoms with Crippen LogP contribution in [0.5, 0.6) is 0 Å². The van der Waals surface area contributed by atoms with Gasteiger partial charge in [-0.1, -0.05) is 36.6 Å². The summed E-state index contributed by atoms with van der Waals surface area (Å²) in [6, 6.07) is 6.49. The lowest BCUT2D eigenvalue weighted by Gasteiger charge is -2.28. The minimum atomic E-state index is -0.169. The number of Topliss-reactive ketones (excluding diaryl/α,β-unsaturated/α-hetero) is 1. The summed E-state index contributed by atoms with van der Waals surface area (Å²) in [5, 5.41) is 0. The fourth-order valence-corrected chi connectivity index (χ4v) is 3.14. The molecule has 1 aromatic carbocycles. The summed E-state index contributed by atoms with van der Waals surface area (Å²) in [6.45, 7) is 5.99. The third kappa shape index (κ3) is 1.68. The Bertz CT molecular complexity index is 411. The standard InChI is InChI=1S/C15H20O/c1-11-6-7-14(12(2)10-11)15(13(3)16)8-4-5-9-15/h6-7,10H,4-5,8-9H2,1-3H3. The van der Waals surface area contributed by atoms with Crippen LogP contribution < -0.4 is 0 Å². The van der Waals surface area contributed by atoms with E-state index in [0.717, 1.165) is 12.8 Å². The molecule has 0 aliphatic heterocycles. The van der Waals surface area contributed by atoms with Gasteiger partial charge in [-0.05, 0) is 44.7 Å². The molecule has 1 aliphatic rings. The number of rotatable bonds is 2. The van der Waals surface area contributed by atoms with Gasteiger partial charge in [0, 0.05) is 0 Å². The lowest BCUT2D eigenvalue weighted by Crippen LogP contribution is -2.31. The number of carbonyl (C=O) groups excluding carboxylic acids is 1. The van der Waals surface area contributed by atoms with Gasteiger partial charge in [0.1, 0.15) is 5.78 Å². The molecule has 0 aromatic heterocycles. The molecule has 0 unspecified atom stereocenters. The lowest BCUT2D eigenvalue weighted by atomic mass is 9.74. The van der Waals surface area contributed by atoms with E-state index in [1.165, 1.54) is 29.5 Å². The van der Waals surface area contributed by atoms with Crippen LogP contribution in [0.3, 0.4) is 0 Å². The highest BCUT2D eigenvalue weighted by molar-refractivity contribution is 5.88. The minimum Gasteiger partial charge on any atom is -0.299 e. The summed E-state index contributed by atoms with van der Waals surface area (Å²) in [5.41, 5.74) is 3.65. The van der Waals surface area contributed by atoms with Crippen molar-refractivity contribution in [1.29, 1.82) is 0 Å². The zero-order valence-electron chi connectivity index (χ0n) is 10.5. The highest BCUT2D eigenvalue weighted by Crippen LogP contribution is 2.43. The summed E-state index contributed by atoms with van der Waals surface area (Å²) in [4.78, 5) is 12.0. The Hall–Kier alpha value is -1.11. The molecule has 0 atom stereocenters. The molecule has 0 amide bonds. The summed E-state index contributed by atoms with van der Waals surface area (Å²) in [6.07, 6.45) is 4.44. The highest BCUT2D eigenvalue weighted by Gasteiger charge is 2.40. The fourth-order valence-electron chi connectivity index (χ4n) is 3.14. The van der Waals surface area contributed by atoms with E-state index in [9.17, 15) is 4.79 Å². The second kappa shape index (κ2) is 4.04. The van der Waals surface area contributed by atoms with Gasteiger partial charge in [-0.2, -0.15) is 0 Å². The van der Waals surface area contributed by atoms with Crippen molar-refractivity contribution in [2.45, 2.75) is 51.9 Å². The third-order valence-corrected chi connectivity index (χ3v) is 4.03. The molecule has 0 N–H and O–H groups in total. The molecular weight excluding hydrogens is 196 g/mol. The lowest BCUT2D eigenvalue weighted by molar-refractivity contribution is -0.122. The molecule has 1 saturated carbocycles. The molecule has 1 fully saturated rings. The molecule has 1 aliphatic carbocycles. The fraction of sp³-hybridized carbons (Fsp3) is 0.533. The van der Waals surface area contributed by atoms with Gasteiger partial charge in [0.05, 0.1) is 5.41 Å². The Morgan fingerprint density at radius 3 is 2.31 bits per heavy atom. The quantitative estimate of drug-likeness (QED) is 0.736. The maximum absolute atomic E-state index is 12.0.